The molecule has 25 heavy (non-hydrogen) atoms. The maximum Gasteiger partial charge on any atom is 0.222 e. The van der Waals surface area contributed by atoms with Crippen molar-refractivity contribution >= 4 is 34.1 Å². The molecule has 1 amide bonds. The minimum Gasteiger partial charge on any atom is -0.350 e. The van der Waals surface area contributed by atoms with E-state index in [0.717, 1.165) is 16.9 Å². The van der Waals surface area contributed by atoms with Gasteiger partial charge in [0.2, 0.25) is 5.91 Å². The Morgan fingerprint density at radius 3 is 2.92 bits per heavy atom. The van der Waals surface area contributed by atoms with Gasteiger partial charge in [0.25, 0.3) is 0 Å². The van der Waals surface area contributed by atoms with Gasteiger partial charge in [-0.2, -0.15) is 0 Å². The summed E-state index contributed by atoms with van der Waals surface area (Å²) in [5.41, 5.74) is 2.77. The number of carbonyl (C=O) groups is 1. The molecule has 3 heterocycles. The molecule has 126 valence electrons. The van der Waals surface area contributed by atoms with Crippen LogP contribution in [-0.2, 0) is 17.9 Å². The Labute approximate surface area is 149 Å². The maximum atomic E-state index is 12.1. The molecule has 0 spiro atoms. The van der Waals surface area contributed by atoms with Crippen LogP contribution in [-0.4, -0.2) is 19.9 Å². The fourth-order valence-electron chi connectivity index (χ4n) is 2.94. The lowest BCUT2D eigenvalue weighted by molar-refractivity contribution is -0.121. The number of amides is 1. The van der Waals surface area contributed by atoms with Gasteiger partial charge in [-0.25, -0.2) is 4.98 Å². The number of rotatable bonds is 5. The zero-order chi connectivity index (χ0) is 17.2. The SMILES string of the molecule is O=C(CCn1ccc2ccccc21)NCc1cn2cc(Cl)ccc2n1. The number of pyridine rings is 1. The molecule has 0 saturated carbocycles. The van der Waals surface area contributed by atoms with Crippen LogP contribution in [0.1, 0.15) is 12.1 Å². The summed E-state index contributed by atoms with van der Waals surface area (Å²) in [5, 5.41) is 4.76. The molecule has 4 aromatic rings. The second-order valence-electron chi connectivity index (χ2n) is 5.94. The van der Waals surface area contributed by atoms with Crippen LogP contribution in [0, 0.1) is 0 Å². The van der Waals surface area contributed by atoms with Crippen LogP contribution in [0.5, 0.6) is 0 Å². The number of aryl methyl sites for hydroxylation is 1. The molecule has 6 heteroatoms. The minimum atomic E-state index is 0.00729. The van der Waals surface area contributed by atoms with E-state index in [4.69, 9.17) is 11.6 Å². The maximum absolute atomic E-state index is 12.1. The van der Waals surface area contributed by atoms with Crippen molar-refractivity contribution in [3.8, 4) is 0 Å². The minimum absolute atomic E-state index is 0.00729. The summed E-state index contributed by atoms with van der Waals surface area (Å²) in [5.74, 6) is 0.00729. The number of halogens is 1. The summed E-state index contributed by atoms with van der Waals surface area (Å²) < 4.78 is 3.96. The zero-order valence-electron chi connectivity index (χ0n) is 13.5. The molecule has 4 rings (SSSR count). The van der Waals surface area contributed by atoms with Gasteiger partial charge >= 0.3 is 0 Å². The molecule has 0 atom stereocenters. The molecule has 1 N–H and O–H groups in total. The lowest BCUT2D eigenvalue weighted by Crippen LogP contribution is -2.24. The van der Waals surface area contributed by atoms with E-state index in [1.54, 1.807) is 12.3 Å². The summed E-state index contributed by atoms with van der Waals surface area (Å²) in [6, 6.07) is 13.9. The van der Waals surface area contributed by atoms with Crippen molar-refractivity contribution in [1.29, 1.82) is 0 Å². The van der Waals surface area contributed by atoms with Crippen LogP contribution in [0.15, 0.2) is 61.1 Å². The first-order valence-corrected chi connectivity index (χ1v) is 8.50. The molecule has 0 aliphatic carbocycles. The molecule has 5 nitrogen and oxygen atoms in total. The van der Waals surface area contributed by atoms with E-state index in [0.29, 0.717) is 24.5 Å². The Morgan fingerprint density at radius 1 is 1.12 bits per heavy atom. The van der Waals surface area contributed by atoms with Gasteiger partial charge < -0.3 is 14.3 Å². The monoisotopic (exact) mass is 352 g/mol. The highest BCUT2D eigenvalue weighted by Crippen LogP contribution is 2.15. The number of nitrogens with zero attached hydrogens (tertiary/aromatic N) is 3. The van der Waals surface area contributed by atoms with Crippen molar-refractivity contribution in [2.45, 2.75) is 19.5 Å². The number of benzene rings is 1. The third-order valence-electron chi connectivity index (χ3n) is 4.19. The number of fused-ring (bicyclic) bond motifs is 2. The van der Waals surface area contributed by atoms with E-state index in [1.165, 1.54) is 5.39 Å². The van der Waals surface area contributed by atoms with E-state index in [2.05, 4.69) is 33.1 Å². The van der Waals surface area contributed by atoms with Gasteiger partial charge in [0.05, 0.1) is 17.3 Å². The molecular weight excluding hydrogens is 336 g/mol. The fraction of sp³-hybridized carbons (Fsp3) is 0.158. The molecule has 0 saturated heterocycles. The van der Waals surface area contributed by atoms with Gasteiger partial charge in [-0.15, -0.1) is 0 Å². The van der Waals surface area contributed by atoms with Gasteiger partial charge in [-0.3, -0.25) is 4.79 Å². The van der Waals surface area contributed by atoms with Gasteiger partial charge in [0.1, 0.15) is 5.65 Å². The number of nitrogens with one attached hydrogen (secondary N) is 1. The van der Waals surface area contributed by atoms with Gasteiger partial charge in [-0.05, 0) is 29.7 Å². The number of hydrogen-bond donors (Lipinski definition) is 1. The Morgan fingerprint density at radius 2 is 2.00 bits per heavy atom. The first-order valence-electron chi connectivity index (χ1n) is 8.13. The number of aromatic nitrogens is 3. The first kappa shape index (κ1) is 15.7. The lowest BCUT2D eigenvalue weighted by Gasteiger charge is -2.06. The van der Waals surface area contributed by atoms with Crippen molar-refractivity contribution < 1.29 is 4.79 Å². The number of hydrogen-bond acceptors (Lipinski definition) is 2. The summed E-state index contributed by atoms with van der Waals surface area (Å²) in [6.45, 7) is 1.06. The summed E-state index contributed by atoms with van der Waals surface area (Å²) in [6.07, 6.45) is 6.12. The molecule has 3 aromatic heterocycles. The summed E-state index contributed by atoms with van der Waals surface area (Å²) in [7, 11) is 0. The lowest BCUT2D eigenvalue weighted by atomic mass is 10.2. The normalized spacial score (nSPS) is 11.2. The average Bonchev–Trinajstić information content (AvgIpc) is 3.21. The van der Waals surface area contributed by atoms with Crippen molar-refractivity contribution in [1.82, 2.24) is 19.3 Å². The Hall–Kier alpha value is -2.79. The van der Waals surface area contributed by atoms with E-state index in [1.807, 2.05) is 35.0 Å². The van der Waals surface area contributed by atoms with Crippen LogP contribution < -0.4 is 5.32 Å². The summed E-state index contributed by atoms with van der Waals surface area (Å²) in [4.78, 5) is 16.6. The Kier molecular flexibility index (Phi) is 4.15. The second-order valence-corrected chi connectivity index (χ2v) is 6.38. The van der Waals surface area contributed by atoms with Crippen LogP contribution in [0.2, 0.25) is 5.02 Å². The molecular formula is C19H17ClN4O. The predicted octanol–water partition coefficient (Wildman–Crippen LogP) is 3.65. The molecule has 0 unspecified atom stereocenters. The standard InChI is InChI=1S/C19H17ClN4O/c20-15-5-6-18-22-16(13-24(18)12-15)11-21-19(25)8-10-23-9-7-14-3-1-2-4-17(14)23/h1-7,9,12-13H,8,10-11H2,(H,21,25). The van der Waals surface area contributed by atoms with E-state index in [9.17, 15) is 4.79 Å². The van der Waals surface area contributed by atoms with Crippen LogP contribution in [0.3, 0.4) is 0 Å². The third-order valence-corrected chi connectivity index (χ3v) is 4.42. The van der Waals surface area contributed by atoms with Gasteiger partial charge in [0, 0.05) is 37.1 Å². The second kappa shape index (κ2) is 6.61. The zero-order valence-corrected chi connectivity index (χ0v) is 14.3. The van der Waals surface area contributed by atoms with Gasteiger partial charge in [0.15, 0.2) is 0 Å². The quantitative estimate of drug-likeness (QED) is 0.596. The van der Waals surface area contributed by atoms with Crippen LogP contribution in [0.4, 0.5) is 0 Å². The molecule has 0 radical (unpaired) electrons. The van der Waals surface area contributed by atoms with Crippen molar-refractivity contribution in [3.05, 3.63) is 71.8 Å². The Balaban J connectivity index is 1.35. The molecule has 0 aliphatic rings. The smallest absolute Gasteiger partial charge is 0.222 e. The highest BCUT2D eigenvalue weighted by molar-refractivity contribution is 6.30. The number of imidazole rings is 1. The number of carbonyl (C=O) groups excluding carboxylic acids is 1. The van der Waals surface area contributed by atoms with E-state index in [-0.39, 0.29) is 5.91 Å². The van der Waals surface area contributed by atoms with Crippen molar-refractivity contribution in [2.75, 3.05) is 0 Å². The van der Waals surface area contributed by atoms with E-state index < -0.39 is 0 Å². The largest absolute Gasteiger partial charge is 0.350 e. The highest BCUT2D eigenvalue weighted by Gasteiger charge is 2.07. The van der Waals surface area contributed by atoms with Crippen molar-refractivity contribution in [3.63, 3.8) is 0 Å². The van der Waals surface area contributed by atoms with Gasteiger partial charge in [-0.1, -0.05) is 29.8 Å². The highest BCUT2D eigenvalue weighted by atomic mass is 35.5. The Bertz CT molecular complexity index is 1050. The molecule has 1 aromatic carbocycles. The van der Waals surface area contributed by atoms with Crippen LogP contribution in [0.25, 0.3) is 16.6 Å². The molecule has 0 aliphatic heterocycles. The average molecular weight is 353 g/mol. The molecule has 0 fully saturated rings. The number of para-hydroxylation sites is 1. The van der Waals surface area contributed by atoms with Crippen LogP contribution >= 0.6 is 11.6 Å². The first-order chi connectivity index (χ1) is 12.2. The third kappa shape index (κ3) is 3.37. The predicted molar refractivity (Wildman–Crippen MR) is 98.6 cm³/mol. The van der Waals surface area contributed by atoms with Crippen molar-refractivity contribution in [2.24, 2.45) is 0 Å². The van der Waals surface area contributed by atoms with E-state index >= 15 is 0 Å². The summed E-state index contributed by atoms with van der Waals surface area (Å²) >= 11 is 5.97. The molecule has 0 bridgehead atoms. The topological polar surface area (TPSA) is 51.3 Å². The fourth-order valence-corrected chi connectivity index (χ4v) is 3.11.